The fourth-order valence-electron chi connectivity index (χ4n) is 1.50. The predicted octanol–water partition coefficient (Wildman–Crippen LogP) is 1.80. The first-order valence-corrected chi connectivity index (χ1v) is 6.86. The number of nitrogens with one attached hydrogen (secondary N) is 1. The van der Waals surface area contributed by atoms with Crippen molar-refractivity contribution in [3.05, 3.63) is 48.3 Å². The number of benzene rings is 2. The second kappa shape index (κ2) is 4.87. The van der Waals surface area contributed by atoms with Crippen LogP contribution in [-0.2, 0) is 10.0 Å². The predicted molar refractivity (Wildman–Crippen MR) is 71.9 cm³/mol. The lowest BCUT2D eigenvalue weighted by atomic mass is 10.2. The summed E-state index contributed by atoms with van der Waals surface area (Å²) in [6.45, 7) is 0. The van der Waals surface area contributed by atoms with Crippen molar-refractivity contribution in [1.82, 2.24) is 0 Å². The molecule has 5 N–H and O–H groups in total. The van der Waals surface area contributed by atoms with E-state index in [1.165, 1.54) is 12.1 Å². The van der Waals surface area contributed by atoms with E-state index in [0.29, 0.717) is 11.4 Å². The van der Waals surface area contributed by atoms with Crippen LogP contribution < -0.4 is 16.2 Å². The van der Waals surface area contributed by atoms with Gasteiger partial charge < -0.3 is 11.1 Å². The van der Waals surface area contributed by atoms with E-state index >= 15 is 0 Å². The monoisotopic (exact) mass is 281 g/mol. The maximum absolute atomic E-state index is 13.7. The molecule has 0 heterocycles. The molecule has 0 saturated carbocycles. The molecule has 0 aliphatic carbocycles. The van der Waals surface area contributed by atoms with Crippen molar-refractivity contribution in [2.45, 2.75) is 4.90 Å². The molecule has 0 spiro atoms. The Labute approximate surface area is 110 Å². The van der Waals surface area contributed by atoms with Crippen LogP contribution in [0.25, 0.3) is 0 Å². The highest BCUT2D eigenvalue weighted by molar-refractivity contribution is 7.89. The summed E-state index contributed by atoms with van der Waals surface area (Å²) >= 11 is 0. The van der Waals surface area contributed by atoms with Crippen molar-refractivity contribution in [3.8, 4) is 0 Å². The fourth-order valence-corrected chi connectivity index (χ4v) is 2.02. The largest absolute Gasteiger partial charge is 0.399 e. The molecule has 2 rings (SSSR count). The van der Waals surface area contributed by atoms with E-state index in [4.69, 9.17) is 10.9 Å². The first-order chi connectivity index (χ1) is 8.86. The van der Waals surface area contributed by atoms with Crippen LogP contribution >= 0.6 is 0 Å². The van der Waals surface area contributed by atoms with E-state index < -0.39 is 15.8 Å². The molecule has 0 amide bonds. The molecule has 0 atom stereocenters. The van der Waals surface area contributed by atoms with Crippen LogP contribution in [0, 0.1) is 5.82 Å². The number of rotatable bonds is 3. The van der Waals surface area contributed by atoms with E-state index in [1.54, 1.807) is 24.3 Å². The van der Waals surface area contributed by atoms with E-state index in [9.17, 15) is 12.8 Å². The molecule has 100 valence electrons. The van der Waals surface area contributed by atoms with Crippen molar-refractivity contribution in [1.29, 1.82) is 0 Å². The van der Waals surface area contributed by atoms with Crippen molar-refractivity contribution in [3.63, 3.8) is 0 Å². The molecule has 0 aromatic heterocycles. The first-order valence-electron chi connectivity index (χ1n) is 5.31. The van der Waals surface area contributed by atoms with Gasteiger partial charge in [0.25, 0.3) is 0 Å². The van der Waals surface area contributed by atoms with Crippen LogP contribution in [0.1, 0.15) is 0 Å². The summed E-state index contributed by atoms with van der Waals surface area (Å²) in [4.78, 5) is -0.271. The minimum atomic E-state index is -3.90. The maximum atomic E-state index is 13.7. The number of sulfonamides is 1. The van der Waals surface area contributed by atoms with Gasteiger partial charge in [-0.2, -0.15) is 0 Å². The molecule has 2 aromatic rings. The molecule has 0 fully saturated rings. The Hall–Kier alpha value is -2.12. The van der Waals surface area contributed by atoms with Gasteiger partial charge in [-0.25, -0.2) is 17.9 Å². The molecule has 0 radical (unpaired) electrons. The summed E-state index contributed by atoms with van der Waals surface area (Å²) < 4.78 is 35.9. The van der Waals surface area contributed by atoms with Gasteiger partial charge >= 0.3 is 0 Å². The Morgan fingerprint density at radius 3 is 2.21 bits per heavy atom. The Kier molecular flexibility index (Phi) is 3.41. The number of hydrogen-bond acceptors (Lipinski definition) is 4. The highest BCUT2D eigenvalue weighted by atomic mass is 32.2. The van der Waals surface area contributed by atoms with E-state index in [-0.39, 0.29) is 10.6 Å². The number of anilines is 3. The zero-order chi connectivity index (χ0) is 14.0. The Morgan fingerprint density at radius 2 is 1.68 bits per heavy atom. The summed E-state index contributed by atoms with van der Waals surface area (Å²) in [5, 5.41) is 7.73. The third-order valence-electron chi connectivity index (χ3n) is 2.46. The average molecular weight is 281 g/mol. The van der Waals surface area contributed by atoms with Crippen LogP contribution in [-0.4, -0.2) is 8.42 Å². The molecule has 0 aliphatic rings. The summed E-state index contributed by atoms with van der Waals surface area (Å²) in [6, 6.07) is 10.1. The highest BCUT2D eigenvalue weighted by Crippen LogP contribution is 2.22. The van der Waals surface area contributed by atoms with Gasteiger partial charge in [-0.3, -0.25) is 0 Å². The molecule has 0 unspecified atom stereocenters. The van der Waals surface area contributed by atoms with E-state index in [1.807, 2.05) is 0 Å². The van der Waals surface area contributed by atoms with Crippen LogP contribution in [0.4, 0.5) is 21.5 Å². The van der Waals surface area contributed by atoms with Crippen molar-refractivity contribution in [2.24, 2.45) is 5.14 Å². The molecular weight excluding hydrogens is 269 g/mol. The van der Waals surface area contributed by atoms with Crippen LogP contribution in [0.3, 0.4) is 0 Å². The van der Waals surface area contributed by atoms with Gasteiger partial charge in [0.1, 0.15) is 5.82 Å². The van der Waals surface area contributed by atoms with E-state index in [0.717, 1.165) is 6.07 Å². The van der Waals surface area contributed by atoms with Crippen LogP contribution in [0.5, 0.6) is 0 Å². The minimum absolute atomic E-state index is 0.150. The fraction of sp³-hybridized carbons (Fsp3) is 0. The van der Waals surface area contributed by atoms with E-state index in [2.05, 4.69) is 5.32 Å². The first kappa shape index (κ1) is 13.3. The summed E-state index contributed by atoms with van der Waals surface area (Å²) in [5.41, 5.74) is 6.91. The minimum Gasteiger partial charge on any atom is -0.399 e. The lowest BCUT2D eigenvalue weighted by Crippen LogP contribution is -2.12. The van der Waals surface area contributed by atoms with Gasteiger partial charge in [-0.05, 0) is 42.5 Å². The Balaban J connectivity index is 2.29. The van der Waals surface area contributed by atoms with Crippen molar-refractivity contribution < 1.29 is 12.8 Å². The van der Waals surface area contributed by atoms with Gasteiger partial charge in [0, 0.05) is 11.4 Å². The number of nitrogen functional groups attached to an aromatic ring is 1. The molecule has 5 nitrogen and oxygen atoms in total. The normalized spacial score (nSPS) is 11.3. The zero-order valence-corrected chi connectivity index (χ0v) is 10.6. The molecule has 2 aromatic carbocycles. The molecule has 7 heteroatoms. The van der Waals surface area contributed by atoms with Crippen molar-refractivity contribution in [2.75, 3.05) is 11.1 Å². The SMILES string of the molecule is Nc1ccc(Nc2ccc(S(N)(=O)=O)cc2F)cc1. The molecule has 0 saturated heterocycles. The van der Waals surface area contributed by atoms with Gasteiger partial charge in [0.05, 0.1) is 10.6 Å². The maximum Gasteiger partial charge on any atom is 0.238 e. The molecular formula is C12H12FN3O2S. The van der Waals surface area contributed by atoms with Gasteiger partial charge in [-0.1, -0.05) is 0 Å². The average Bonchev–Trinajstić information content (AvgIpc) is 2.33. The van der Waals surface area contributed by atoms with Gasteiger partial charge in [0.15, 0.2) is 0 Å². The molecule has 19 heavy (non-hydrogen) atoms. The number of halogens is 1. The Morgan fingerprint density at radius 1 is 1.05 bits per heavy atom. The smallest absolute Gasteiger partial charge is 0.238 e. The second-order valence-corrected chi connectivity index (χ2v) is 5.50. The molecule has 0 bridgehead atoms. The number of primary sulfonamides is 1. The Bertz CT molecular complexity index is 699. The highest BCUT2D eigenvalue weighted by Gasteiger charge is 2.11. The van der Waals surface area contributed by atoms with Crippen LogP contribution in [0.15, 0.2) is 47.4 Å². The summed E-state index contributed by atoms with van der Waals surface area (Å²) in [7, 11) is -3.90. The van der Waals surface area contributed by atoms with Gasteiger partial charge in [-0.15, -0.1) is 0 Å². The third kappa shape index (κ3) is 3.21. The van der Waals surface area contributed by atoms with Gasteiger partial charge in [0.2, 0.25) is 10.0 Å². The third-order valence-corrected chi connectivity index (χ3v) is 3.37. The quantitative estimate of drug-likeness (QED) is 0.747. The van der Waals surface area contributed by atoms with Crippen LogP contribution in [0.2, 0.25) is 0 Å². The topological polar surface area (TPSA) is 98.2 Å². The van der Waals surface area contributed by atoms with Crippen molar-refractivity contribution >= 4 is 27.1 Å². The standard InChI is InChI=1S/C12H12FN3O2S/c13-11-7-10(19(15,17)18)5-6-12(11)16-9-3-1-8(14)2-4-9/h1-7,16H,14H2,(H2,15,17,18). The zero-order valence-electron chi connectivity index (χ0n) is 9.80. The number of hydrogen-bond donors (Lipinski definition) is 3. The summed E-state index contributed by atoms with van der Waals surface area (Å²) in [5.74, 6) is -0.705. The lowest BCUT2D eigenvalue weighted by molar-refractivity contribution is 0.593. The molecule has 0 aliphatic heterocycles. The lowest BCUT2D eigenvalue weighted by Gasteiger charge is -2.08. The number of nitrogens with two attached hydrogens (primary N) is 2. The second-order valence-electron chi connectivity index (χ2n) is 3.93. The summed E-state index contributed by atoms with van der Waals surface area (Å²) in [6.07, 6.45) is 0.